The molecule has 0 N–H and O–H groups in total. The van der Waals surface area contributed by atoms with Crippen molar-refractivity contribution in [1.29, 1.82) is 0 Å². The molecule has 0 aromatic carbocycles. The van der Waals surface area contributed by atoms with E-state index in [0.29, 0.717) is 5.16 Å². The first-order valence-electron chi connectivity index (χ1n) is 13.9. The Morgan fingerprint density at radius 1 is 0.500 bits per heavy atom. The first-order chi connectivity index (χ1) is 14.1. The smallest absolute Gasteiger partial charge is 0.0122 e. The molecule has 0 aliphatic carbocycles. The van der Waals surface area contributed by atoms with Crippen LogP contribution in [-0.4, -0.2) is 5.16 Å². The predicted octanol–water partition coefficient (Wildman–Crippen LogP) is 11.3. The van der Waals surface area contributed by atoms with Gasteiger partial charge in [0.1, 0.15) is 0 Å². The molecule has 0 aliphatic rings. The largest absolute Gasteiger partial charge is 0.147 e. The molecule has 0 spiro atoms. The molecule has 0 fully saturated rings. The van der Waals surface area contributed by atoms with E-state index in [1.807, 2.05) is 0 Å². The first kappa shape index (κ1) is 32.9. The number of unbranched alkanes of at least 4 members (excludes halogenated alkanes) is 15. The summed E-state index contributed by atoms with van der Waals surface area (Å²) in [6.45, 7) is 9.42. The summed E-state index contributed by atoms with van der Waals surface area (Å²) in [5.74, 6) is 0.921. The monoisotopic (exact) mass is 462 g/mol. The van der Waals surface area contributed by atoms with E-state index in [0.717, 1.165) is 5.92 Å². The van der Waals surface area contributed by atoms with Gasteiger partial charge in [0.05, 0.1) is 0 Å². The average Bonchev–Trinajstić information content (AvgIpc) is 2.72. The SMILES string of the molecule is CCCCCCCCC(CC)C(P)(CCCCCCCC)CCCCCCCC.Cl. The molecule has 2 heteroatoms. The summed E-state index contributed by atoms with van der Waals surface area (Å²) in [5.41, 5.74) is 0. The molecule has 0 saturated carbocycles. The van der Waals surface area contributed by atoms with Crippen LogP contribution >= 0.6 is 21.6 Å². The highest BCUT2D eigenvalue weighted by Crippen LogP contribution is 2.43. The molecule has 0 rings (SSSR count). The van der Waals surface area contributed by atoms with Gasteiger partial charge in [-0.15, -0.1) is 21.6 Å². The standard InChI is InChI=1S/C28H59P.ClH/c1-5-9-12-15-18-21-24-27(8-4)28(29,25-22-19-16-13-10-6-2)26-23-20-17-14-11-7-3;/h27H,5-26,29H2,1-4H3;1H. The van der Waals surface area contributed by atoms with Gasteiger partial charge in [-0.1, -0.05) is 150 Å². The Balaban J connectivity index is 0. The summed E-state index contributed by atoms with van der Waals surface area (Å²) in [6, 6.07) is 0. The van der Waals surface area contributed by atoms with Crippen LogP contribution in [0.1, 0.15) is 169 Å². The fourth-order valence-electron chi connectivity index (χ4n) is 5.07. The maximum atomic E-state index is 3.43. The van der Waals surface area contributed by atoms with Gasteiger partial charge < -0.3 is 0 Å². The third-order valence-electron chi connectivity index (χ3n) is 7.20. The van der Waals surface area contributed by atoms with Gasteiger partial charge in [-0.05, 0) is 30.3 Å². The van der Waals surface area contributed by atoms with Crippen LogP contribution in [0.4, 0.5) is 0 Å². The minimum Gasteiger partial charge on any atom is -0.147 e. The maximum absolute atomic E-state index is 3.43. The highest BCUT2D eigenvalue weighted by molar-refractivity contribution is 7.19. The number of hydrogen-bond donors (Lipinski definition) is 0. The van der Waals surface area contributed by atoms with Crippen LogP contribution in [0.2, 0.25) is 0 Å². The van der Waals surface area contributed by atoms with Gasteiger partial charge in [0.15, 0.2) is 0 Å². The van der Waals surface area contributed by atoms with Crippen LogP contribution in [-0.2, 0) is 0 Å². The Hall–Kier alpha value is 0.720. The van der Waals surface area contributed by atoms with Crippen LogP contribution in [0.15, 0.2) is 0 Å². The number of rotatable bonds is 23. The van der Waals surface area contributed by atoms with Crippen LogP contribution < -0.4 is 0 Å². The molecule has 184 valence electrons. The van der Waals surface area contributed by atoms with Crippen LogP contribution in [0, 0.1) is 5.92 Å². The summed E-state index contributed by atoms with van der Waals surface area (Å²) in [5, 5.41) is 0.522. The second kappa shape index (κ2) is 24.4. The first-order valence-corrected chi connectivity index (χ1v) is 14.5. The van der Waals surface area contributed by atoms with Crippen molar-refractivity contribution in [3.05, 3.63) is 0 Å². The zero-order valence-electron chi connectivity index (χ0n) is 21.6. The van der Waals surface area contributed by atoms with Gasteiger partial charge in [0.25, 0.3) is 0 Å². The van der Waals surface area contributed by atoms with E-state index in [2.05, 4.69) is 36.9 Å². The van der Waals surface area contributed by atoms with Gasteiger partial charge in [-0.25, -0.2) is 0 Å². The third-order valence-corrected chi connectivity index (χ3v) is 8.25. The van der Waals surface area contributed by atoms with E-state index >= 15 is 0 Å². The lowest BCUT2D eigenvalue weighted by molar-refractivity contribution is 0.283. The van der Waals surface area contributed by atoms with Gasteiger partial charge in [-0.3, -0.25) is 0 Å². The van der Waals surface area contributed by atoms with Crippen LogP contribution in [0.5, 0.6) is 0 Å². The fourth-order valence-corrected chi connectivity index (χ4v) is 5.88. The lowest BCUT2D eigenvalue weighted by atomic mass is 9.78. The highest BCUT2D eigenvalue weighted by atomic mass is 35.5. The van der Waals surface area contributed by atoms with Crippen molar-refractivity contribution < 1.29 is 0 Å². The molecular formula is C28H60ClP. The molecule has 0 nitrogen and oxygen atoms in total. The van der Waals surface area contributed by atoms with Crippen molar-refractivity contribution in [2.24, 2.45) is 5.92 Å². The van der Waals surface area contributed by atoms with Crippen molar-refractivity contribution in [2.45, 2.75) is 174 Å². The van der Waals surface area contributed by atoms with E-state index in [-0.39, 0.29) is 12.4 Å². The Morgan fingerprint density at radius 3 is 1.20 bits per heavy atom. The summed E-state index contributed by atoms with van der Waals surface area (Å²) < 4.78 is 0. The normalized spacial score (nSPS) is 12.7. The maximum Gasteiger partial charge on any atom is -0.0122 e. The van der Waals surface area contributed by atoms with Gasteiger partial charge in [0.2, 0.25) is 0 Å². The quantitative estimate of drug-likeness (QED) is 0.104. The Kier molecular flexibility index (Phi) is 26.7. The van der Waals surface area contributed by atoms with E-state index in [4.69, 9.17) is 0 Å². The summed E-state index contributed by atoms with van der Waals surface area (Å²) in [7, 11) is 3.43. The molecule has 0 aromatic heterocycles. The molecule has 30 heavy (non-hydrogen) atoms. The van der Waals surface area contributed by atoms with Gasteiger partial charge >= 0.3 is 0 Å². The topological polar surface area (TPSA) is 0 Å². The zero-order valence-corrected chi connectivity index (χ0v) is 23.6. The third kappa shape index (κ3) is 18.3. The second-order valence-corrected chi connectivity index (χ2v) is 11.1. The molecule has 0 radical (unpaired) electrons. The van der Waals surface area contributed by atoms with Crippen molar-refractivity contribution >= 4 is 21.6 Å². The van der Waals surface area contributed by atoms with Crippen molar-refractivity contribution in [2.75, 3.05) is 0 Å². The van der Waals surface area contributed by atoms with Crippen molar-refractivity contribution in [3.8, 4) is 0 Å². The molecule has 0 heterocycles. The van der Waals surface area contributed by atoms with E-state index in [9.17, 15) is 0 Å². The van der Waals surface area contributed by atoms with Gasteiger partial charge in [-0.2, -0.15) is 0 Å². The summed E-state index contributed by atoms with van der Waals surface area (Å²) in [4.78, 5) is 0. The number of halogens is 1. The predicted molar refractivity (Wildman–Crippen MR) is 147 cm³/mol. The molecule has 0 aliphatic heterocycles. The van der Waals surface area contributed by atoms with Crippen molar-refractivity contribution in [1.82, 2.24) is 0 Å². The van der Waals surface area contributed by atoms with E-state index in [1.54, 1.807) is 0 Å². The lowest BCUT2D eigenvalue weighted by Crippen LogP contribution is -2.31. The molecule has 2 atom stereocenters. The Labute approximate surface area is 201 Å². The second-order valence-electron chi connectivity index (χ2n) is 9.93. The molecule has 0 aromatic rings. The molecular weight excluding hydrogens is 403 g/mol. The average molecular weight is 463 g/mol. The summed E-state index contributed by atoms with van der Waals surface area (Å²) >= 11 is 0. The lowest BCUT2D eigenvalue weighted by Gasteiger charge is -2.38. The Morgan fingerprint density at radius 2 is 0.833 bits per heavy atom. The fraction of sp³-hybridized carbons (Fsp3) is 1.00. The highest BCUT2D eigenvalue weighted by Gasteiger charge is 2.31. The van der Waals surface area contributed by atoms with Crippen LogP contribution in [0.25, 0.3) is 0 Å². The van der Waals surface area contributed by atoms with Crippen LogP contribution in [0.3, 0.4) is 0 Å². The zero-order chi connectivity index (χ0) is 21.6. The molecule has 2 unspecified atom stereocenters. The molecule has 0 amide bonds. The Bertz CT molecular complexity index is 302. The van der Waals surface area contributed by atoms with Crippen molar-refractivity contribution in [3.63, 3.8) is 0 Å². The molecule has 0 saturated heterocycles. The minimum atomic E-state index is 0. The number of hydrogen-bond acceptors (Lipinski definition) is 0. The van der Waals surface area contributed by atoms with E-state index < -0.39 is 0 Å². The summed E-state index contributed by atoms with van der Waals surface area (Å²) in [6.07, 6.45) is 31.6. The van der Waals surface area contributed by atoms with Gasteiger partial charge in [0, 0.05) is 0 Å². The minimum absolute atomic E-state index is 0. The van der Waals surface area contributed by atoms with E-state index in [1.165, 1.54) is 141 Å². The molecule has 0 bridgehead atoms.